The van der Waals surface area contributed by atoms with Crippen molar-refractivity contribution in [2.75, 3.05) is 39.2 Å². The number of aromatic nitrogens is 1. The fourth-order valence-corrected chi connectivity index (χ4v) is 3.26. The first-order valence-electron chi connectivity index (χ1n) is 9.89. The van der Waals surface area contributed by atoms with Gasteiger partial charge < -0.3 is 29.5 Å². The molecule has 2 heterocycles. The maximum atomic E-state index is 13.2. The van der Waals surface area contributed by atoms with Crippen LogP contribution in [-0.4, -0.2) is 67.9 Å². The van der Waals surface area contributed by atoms with Gasteiger partial charge in [0.25, 0.3) is 11.8 Å². The molecule has 9 heteroatoms. The Kier molecular flexibility index (Phi) is 7.07. The summed E-state index contributed by atoms with van der Waals surface area (Å²) >= 11 is 0. The summed E-state index contributed by atoms with van der Waals surface area (Å²) in [5.41, 5.74) is 0.818. The van der Waals surface area contributed by atoms with E-state index in [2.05, 4.69) is 22.7 Å². The number of benzene rings is 1. The molecule has 0 radical (unpaired) electrons. The maximum absolute atomic E-state index is 13.2. The van der Waals surface area contributed by atoms with Gasteiger partial charge in [0.1, 0.15) is 12.4 Å². The fourth-order valence-electron chi connectivity index (χ4n) is 3.26. The molecule has 1 aliphatic rings. The van der Waals surface area contributed by atoms with Crippen molar-refractivity contribution in [3.05, 3.63) is 41.8 Å². The van der Waals surface area contributed by atoms with Gasteiger partial charge in [-0.25, -0.2) is 0 Å². The minimum absolute atomic E-state index is 0.0827. The molecule has 0 unspecified atom stereocenters. The van der Waals surface area contributed by atoms with E-state index in [0.29, 0.717) is 30.2 Å². The van der Waals surface area contributed by atoms with Gasteiger partial charge >= 0.3 is 0 Å². The van der Waals surface area contributed by atoms with Crippen molar-refractivity contribution >= 4 is 17.5 Å². The minimum Gasteiger partial charge on any atom is -0.491 e. The van der Waals surface area contributed by atoms with E-state index in [1.165, 1.54) is 12.3 Å². The number of methoxy groups -OCH3 is 1. The number of nitrogens with zero attached hydrogens (tertiary/aromatic N) is 2. The Morgan fingerprint density at radius 1 is 1.33 bits per heavy atom. The first-order valence-corrected chi connectivity index (χ1v) is 9.89. The van der Waals surface area contributed by atoms with Crippen LogP contribution in [0.2, 0.25) is 0 Å². The van der Waals surface area contributed by atoms with E-state index >= 15 is 0 Å². The molecule has 1 aromatic heterocycles. The Labute approximate surface area is 175 Å². The number of anilines is 1. The second kappa shape index (κ2) is 9.73. The van der Waals surface area contributed by atoms with Crippen LogP contribution < -0.4 is 15.4 Å². The summed E-state index contributed by atoms with van der Waals surface area (Å²) in [6, 6.07) is 6.54. The van der Waals surface area contributed by atoms with Gasteiger partial charge in [-0.15, -0.1) is 0 Å². The highest BCUT2D eigenvalue weighted by molar-refractivity contribution is 6.04. The molecular weight excluding hydrogens is 388 g/mol. The summed E-state index contributed by atoms with van der Waals surface area (Å²) in [7, 11) is 3.38. The fraction of sp³-hybridized carbons (Fsp3) is 0.476. The number of carbonyl (C=O) groups excluding carboxylic acids is 2. The molecule has 0 saturated carbocycles. The van der Waals surface area contributed by atoms with E-state index in [0.717, 1.165) is 6.54 Å². The first kappa shape index (κ1) is 21.8. The van der Waals surface area contributed by atoms with Crippen molar-refractivity contribution in [2.45, 2.75) is 26.0 Å². The Morgan fingerprint density at radius 2 is 2.13 bits per heavy atom. The zero-order chi connectivity index (χ0) is 21.7. The van der Waals surface area contributed by atoms with Crippen LogP contribution in [-0.2, 0) is 4.74 Å². The highest BCUT2D eigenvalue weighted by Gasteiger charge is 2.25. The summed E-state index contributed by atoms with van der Waals surface area (Å²) in [6.45, 7) is 5.70. The predicted molar refractivity (Wildman–Crippen MR) is 111 cm³/mol. The van der Waals surface area contributed by atoms with Gasteiger partial charge in [0.05, 0.1) is 17.9 Å². The topological polar surface area (TPSA) is 106 Å². The van der Waals surface area contributed by atoms with Gasteiger partial charge in [0, 0.05) is 45.0 Å². The average molecular weight is 416 g/mol. The number of rotatable bonds is 3. The van der Waals surface area contributed by atoms with Crippen molar-refractivity contribution < 1.29 is 23.6 Å². The van der Waals surface area contributed by atoms with Crippen molar-refractivity contribution in [2.24, 2.45) is 5.92 Å². The molecule has 30 heavy (non-hydrogen) atoms. The third-order valence-corrected chi connectivity index (χ3v) is 5.14. The molecule has 1 aromatic carbocycles. The van der Waals surface area contributed by atoms with Crippen LogP contribution in [0.5, 0.6) is 5.75 Å². The van der Waals surface area contributed by atoms with Crippen molar-refractivity contribution in [3.8, 4) is 5.75 Å². The third kappa shape index (κ3) is 5.17. The lowest BCUT2D eigenvalue weighted by Gasteiger charge is -2.30. The molecule has 0 fully saturated rings. The lowest BCUT2D eigenvalue weighted by Crippen LogP contribution is -2.44. The number of hydrogen-bond donors (Lipinski definition) is 2. The minimum atomic E-state index is -0.451. The molecule has 162 valence electrons. The second-order valence-corrected chi connectivity index (χ2v) is 7.60. The number of nitrogens with one attached hydrogen (secondary N) is 2. The second-order valence-electron chi connectivity index (χ2n) is 7.60. The molecule has 3 atom stereocenters. The van der Waals surface area contributed by atoms with E-state index in [1.54, 1.807) is 37.3 Å². The summed E-state index contributed by atoms with van der Waals surface area (Å²) < 4.78 is 16.4. The summed E-state index contributed by atoms with van der Waals surface area (Å²) in [5, 5.41) is 9.69. The number of likely N-dealkylation sites (N-methyl/N-ethyl adjacent to an activating group) is 1. The summed E-state index contributed by atoms with van der Waals surface area (Å²) in [4.78, 5) is 27.1. The Hall–Kier alpha value is -2.91. The van der Waals surface area contributed by atoms with Crippen LogP contribution in [0, 0.1) is 5.92 Å². The molecule has 0 aliphatic carbocycles. The van der Waals surface area contributed by atoms with E-state index < -0.39 is 5.91 Å². The quantitative estimate of drug-likeness (QED) is 0.788. The third-order valence-electron chi connectivity index (χ3n) is 5.14. The molecule has 2 aromatic rings. The number of amides is 2. The van der Waals surface area contributed by atoms with Crippen molar-refractivity contribution in [1.29, 1.82) is 0 Å². The molecule has 9 nitrogen and oxygen atoms in total. The first-order chi connectivity index (χ1) is 14.4. The SMILES string of the molecule is CO[C@H]1CN(C)C(=O)c2cc(NC(=O)c3ccno3)ccc2OC[C@@H](C)NC[C@H]1C. The van der Waals surface area contributed by atoms with Gasteiger partial charge in [-0.3, -0.25) is 9.59 Å². The Bertz CT molecular complexity index is 870. The molecule has 1 aliphatic heterocycles. The van der Waals surface area contributed by atoms with E-state index in [1.807, 2.05) is 6.92 Å². The summed E-state index contributed by atoms with van der Waals surface area (Å²) in [6.07, 6.45) is 1.28. The maximum Gasteiger partial charge on any atom is 0.294 e. The van der Waals surface area contributed by atoms with Crippen molar-refractivity contribution in [1.82, 2.24) is 15.4 Å². The van der Waals surface area contributed by atoms with Crippen LogP contribution >= 0.6 is 0 Å². The molecule has 0 bridgehead atoms. The Morgan fingerprint density at radius 3 is 2.83 bits per heavy atom. The Balaban J connectivity index is 1.88. The van der Waals surface area contributed by atoms with Crippen LogP contribution in [0.1, 0.15) is 34.8 Å². The number of fused-ring (bicyclic) bond motifs is 1. The molecule has 0 saturated heterocycles. The van der Waals surface area contributed by atoms with Crippen LogP contribution in [0.25, 0.3) is 0 Å². The van der Waals surface area contributed by atoms with Crippen LogP contribution in [0.15, 0.2) is 35.0 Å². The van der Waals surface area contributed by atoms with Crippen molar-refractivity contribution in [3.63, 3.8) is 0 Å². The molecule has 0 spiro atoms. The van der Waals surface area contributed by atoms with E-state index in [9.17, 15) is 9.59 Å². The van der Waals surface area contributed by atoms with Gasteiger partial charge in [-0.2, -0.15) is 0 Å². The highest BCUT2D eigenvalue weighted by atomic mass is 16.5. The zero-order valence-corrected chi connectivity index (χ0v) is 17.7. The predicted octanol–water partition coefficient (Wildman–Crippen LogP) is 2.02. The number of ether oxygens (including phenoxy) is 2. The lowest BCUT2D eigenvalue weighted by molar-refractivity contribution is 0.0281. The van der Waals surface area contributed by atoms with E-state index in [-0.39, 0.29) is 29.7 Å². The number of hydrogen-bond acceptors (Lipinski definition) is 7. The summed E-state index contributed by atoms with van der Waals surface area (Å²) in [5.74, 6) is 0.0868. The molecule has 3 rings (SSSR count). The lowest BCUT2D eigenvalue weighted by atomic mass is 10.0. The standard InChI is InChI=1S/C21H28N4O5/c1-13-10-22-14(2)12-29-17-6-5-15(24-20(26)18-7-8-23-30-18)9-16(17)21(27)25(3)11-19(13)28-4/h5-9,13-14,19,22H,10-12H2,1-4H3,(H,24,26)/t13-,14-,19+/m1/s1. The molecule has 2 N–H and O–H groups in total. The molecule has 2 amide bonds. The normalized spacial score (nSPS) is 23.0. The number of carbonyl (C=O) groups is 2. The smallest absolute Gasteiger partial charge is 0.294 e. The highest BCUT2D eigenvalue weighted by Crippen LogP contribution is 2.26. The van der Waals surface area contributed by atoms with Crippen LogP contribution in [0.3, 0.4) is 0 Å². The monoisotopic (exact) mass is 416 g/mol. The van der Waals surface area contributed by atoms with E-state index in [4.69, 9.17) is 14.0 Å². The van der Waals surface area contributed by atoms with Gasteiger partial charge in [-0.05, 0) is 31.0 Å². The molecular formula is C21H28N4O5. The van der Waals surface area contributed by atoms with Crippen LogP contribution in [0.4, 0.5) is 5.69 Å². The largest absolute Gasteiger partial charge is 0.491 e. The van der Waals surface area contributed by atoms with Gasteiger partial charge in [0.15, 0.2) is 0 Å². The van der Waals surface area contributed by atoms with Gasteiger partial charge in [0.2, 0.25) is 5.76 Å². The average Bonchev–Trinajstić information content (AvgIpc) is 3.28. The zero-order valence-electron chi connectivity index (χ0n) is 17.7. The van der Waals surface area contributed by atoms with Gasteiger partial charge in [-0.1, -0.05) is 12.1 Å².